The first kappa shape index (κ1) is 33.7. The minimum atomic E-state index is -0.754. The molecule has 3 fully saturated rings. The molecule has 0 radical (unpaired) electrons. The summed E-state index contributed by atoms with van der Waals surface area (Å²) in [6, 6.07) is 6.38. The van der Waals surface area contributed by atoms with Crippen LogP contribution in [-0.2, 0) is 14.4 Å². The topological polar surface area (TPSA) is 140 Å². The Labute approximate surface area is 260 Å². The summed E-state index contributed by atoms with van der Waals surface area (Å²) in [4.78, 5) is 54.6. The number of rotatable bonds is 11. The van der Waals surface area contributed by atoms with E-state index in [1.165, 1.54) is 0 Å². The quantitative estimate of drug-likeness (QED) is 0.198. The fourth-order valence-electron chi connectivity index (χ4n) is 6.59. The summed E-state index contributed by atoms with van der Waals surface area (Å²) in [7, 11) is 0. The zero-order valence-corrected chi connectivity index (χ0v) is 26.5. The van der Waals surface area contributed by atoms with Crippen LogP contribution in [-0.4, -0.2) is 100 Å². The number of likely N-dealkylation sites (tertiary alicyclic amines) is 2. The highest BCUT2D eigenvalue weighted by Crippen LogP contribution is 2.31. The number of benzene rings is 1. The lowest BCUT2D eigenvalue weighted by atomic mass is 9.84. The van der Waals surface area contributed by atoms with Crippen LogP contribution in [0.25, 0.3) is 0 Å². The number of carbonyl (C=O) groups excluding carboxylic acids is 4. The Morgan fingerprint density at radius 1 is 0.977 bits per heavy atom. The predicted molar refractivity (Wildman–Crippen MR) is 164 cm³/mol. The van der Waals surface area contributed by atoms with Gasteiger partial charge in [0.1, 0.15) is 17.9 Å². The van der Waals surface area contributed by atoms with Gasteiger partial charge in [0.15, 0.2) is 0 Å². The molecule has 4 amide bonds. The SMILES string of the molecule is CC(C)(C)[C@H](NC(=O)[C@H](CC1CCCC1)CN(O)C=O)C(=O)N1CCC(Oc2ccc(C(=O)N3CCC(O)CC3)cc2)CC1. The number of hydrogen-bond acceptors (Lipinski definition) is 7. The molecule has 244 valence electrons. The standard InChI is InChI=1S/C33H50N4O7/c1-33(2,3)29(34-30(40)25(21-37(43)22-38)20-23-6-4-5-7-23)32(42)36-18-14-28(15-19-36)44-27-10-8-24(9-11-27)31(41)35-16-12-26(39)13-17-35/h8-11,22-23,25-26,28-29,39,43H,4-7,12-21H2,1-3H3,(H,34,40)/t25-,29-/m1/s1. The van der Waals surface area contributed by atoms with Gasteiger partial charge in [-0.15, -0.1) is 0 Å². The number of nitrogens with zero attached hydrogens (tertiary/aromatic N) is 3. The Hall–Kier alpha value is -3.18. The van der Waals surface area contributed by atoms with Crippen molar-refractivity contribution in [3.8, 4) is 5.75 Å². The molecule has 1 aliphatic carbocycles. The molecular formula is C33H50N4O7. The highest BCUT2D eigenvalue weighted by molar-refractivity contribution is 5.94. The first-order chi connectivity index (χ1) is 20.9. The summed E-state index contributed by atoms with van der Waals surface area (Å²) < 4.78 is 6.19. The van der Waals surface area contributed by atoms with E-state index in [0.29, 0.717) is 87.0 Å². The molecule has 0 bridgehead atoms. The second-order valence-electron chi connectivity index (χ2n) is 13.8. The summed E-state index contributed by atoms with van der Waals surface area (Å²) in [5, 5.41) is 23.1. The zero-order valence-electron chi connectivity index (χ0n) is 26.5. The Morgan fingerprint density at radius 3 is 2.14 bits per heavy atom. The molecule has 1 saturated carbocycles. The minimum Gasteiger partial charge on any atom is -0.490 e. The van der Waals surface area contributed by atoms with Crippen molar-refractivity contribution >= 4 is 24.1 Å². The van der Waals surface area contributed by atoms with Crippen LogP contribution in [0, 0.1) is 17.3 Å². The van der Waals surface area contributed by atoms with Crippen molar-refractivity contribution in [1.29, 1.82) is 0 Å². The molecule has 0 unspecified atom stereocenters. The molecule has 44 heavy (non-hydrogen) atoms. The maximum atomic E-state index is 13.7. The van der Waals surface area contributed by atoms with E-state index in [2.05, 4.69) is 5.32 Å². The van der Waals surface area contributed by atoms with Crippen LogP contribution in [0.4, 0.5) is 0 Å². The number of carbonyl (C=O) groups is 4. The summed E-state index contributed by atoms with van der Waals surface area (Å²) in [6.07, 6.45) is 7.23. The van der Waals surface area contributed by atoms with E-state index >= 15 is 0 Å². The maximum absolute atomic E-state index is 13.7. The number of amides is 4. The number of hydrogen-bond donors (Lipinski definition) is 3. The van der Waals surface area contributed by atoms with Crippen molar-refractivity contribution in [2.75, 3.05) is 32.7 Å². The van der Waals surface area contributed by atoms with Crippen LogP contribution >= 0.6 is 0 Å². The van der Waals surface area contributed by atoms with Crippen molar-refractivity contribution < 1.29 is 34.2 Å². The lowest BCUT2D eigenvalue weighted by Crippen LogP contribution is -2.58. The molecule has 1 aromatic carbocycles. The molecule has 3 N–H and O–H groups in total. The molecule has 11 heteroatoms. The molecule has 3 aliphatic rings. The third-order valence-corrected chi connectivity index (χ3v) is 9.30. The Kier molecular flexibility index (Phi) is 11.6. The molecule has 4 rings (SSSR count). The van der Waals surface area contributed by atoms with E-state index in [9.17, 15) is 29.5 Å². The largest absolute Gasteiger partial charge is 0.490 e. The van der Waals surface area contributed by atoms with Crippen molar-refractivity contribution in [1.82, 2.24) is 20.2 Å². The molecule has 0 aromatic heterocycles. The zero-order chi connectivity index (χ0) is 31.9. The Bertz CT molecular complexity index is 1120. The molecular weight excluding hydrogens is 564 g/mol. The van der Waals surface area contributed by atoms with Crippen LogP contribution in [0.3, 0.4) is 0 Å². The van der Waals surface area contributed by atoms with Crippen LogP contribution in [0.15, 0.2) is 24.3 Å². The van der Waals surface area contributed by atoms with Gasteiger partial charge in [-0.2, -0.15) is 0 Å². The summed E-state index contributed by atoms with van der Waals surface area (Å²) >= 11 is 0. The van der Waals surface area contributed by atoms with Crippen LogP contribution in [0.5, 0.6) is 5.75 Å². The van der Waals surface area contributed by atoms with Crippen LogP contribution in [0.2, 0.25) is 0 Å². The van der Waals surface area contributed by atoms with E-state index < -0.39 is 17.4 Å². The van der Waals surface area contributed by atoms with E-state index in [1.807, 2.05) is 20.8 Å². The molecule has 2 aliphatic heterocycles. The van der Waals surface area contributed by atoms with Crippen molar-refractivity contribution in [3.05, 3.63) is 29.8 Å². The number of nitrogens with one attached hydrogen (secondary N) is 1. The highest BCUT2D eigenvalue weighted by Gasteiger charge is 2.39. The number of piperidine rings is 2. The summed E-state index contributed by atoms with van der Waals surface area (Å²) in [6.45, 7) is 7.75. The van der Waals surface area contributed by atoms with Gasteiger partial charge in [0.25, 0.3) is 5.91 Å². The van der Waals surface area contributed by atoms with Crippen molar-refractivity contribution in [2.45, 2.75) is 96.8 Å². The van der Waals surface area contributed by atoms with Crippen LogP contribution < -0.4 is 10.1 Å². The molecule has 2 atom stereocenters. The van der Waals surface area contributed by atoms with E-state index in [0.717, 1.165) is 25.7 Å². The molecule has 2 heterocycles. The number of hydroxylamine groups is 2. The fraction of sp³-hybridized carbons (Fsp3) is 0.697. The second-order valence-corrected chi connectivity index (χ2v) is 13.8. The van der Waals surface area contributed by atoms with Gasteiger partial charge in [0.2, 0.25) is 18.2 Å². The third kappa shape index (κ3) is 9.17. The van der Waals surface area contributed by atoms with Gasteiger partial charge in [-0.3, -0.25) is 24.4 Å². The smallest absolute Gasteiger partial charge is 0.253 e. The van der Waals surface area contributed by atoms with E-state index in [4.69, 9.17) is 4.74 Å². The molecule has 0 spiro atoms. The normalized spacial score (nSPS) is 20.2. The molecule has 2 saturated heterocycles. The Morgan fingerprint density at radius 2 is 1.57 bits per heavy atom. The predicted octanol–water partition coefficient (Wildman–Crippen LogP) is 3.23. The van der Waals surface area contributed by atoms with Gasteiger partial charge in [-0.25, -0.2) is 5.06 Å². The summed E-state index contributed by atoms with van der Waals surface area (Å²) in [5.74, 6) is -0.0633. The maximum Gasteiger partial charge on any atom is 0.253 e. The minimum absolute atomic E-state index is 0.0435. The van der Waals surface area contributed by atoms with Gasteiger partial charge in [0.05, 0.1) is 18.6 Å². The third-order valence-electron chi connectivity index (χ3n) is 9.30. The number of aliphatic hydroxyl groups is 1. The number of aliphatic hydroxyl groups excluding tert-OH is 1. The van der Waals surface area contributed by atoms with Gasteiger partial charge in [0, 0.05) is 44.6 Å². The highest BCUT2D eigenvalue weighted by atomic mass is 16.5. The molecule has 11 nitrogen and oxygen atoms in total. The van der Waals surface area contributed by atoms with E-state index in [-0.39, 0.29) is 36.5 Å². The summed E-state index contributed by atoms with van der Waals surface area (Å²) in [5.41, 5.74) is 0.0436. The Balaban J connectivity index is 1.30. The number of ether oxygens (including phenoxy) is 1. The van der Waals surface area contributed by atoms with Crippen molar-refractivity contribution in [3.63, 3.8) is 0 Å². The lowest BCUT2D eigenvalue weighted by molar-refractivity contribution is -0.156. The van der Waals surface area contributed by atoms with Gasteiger partial charge >= 0.3 is 0 Å². The second kappa shape index (κ2) is 15.2. The van der Waals surface area contributed by atoms with E-state index in [1.54, 1.807) is 34.1 Å². The lowest BCUT2D eigenvalue weighted by Gasteiger charge is -2.39. The van der Waals surface area contributed by atoms with Crippen molar-refractivity contribution in [2.24, 2.45) is 17.3 Å². The first-order valence-electron chi connectivity index (χ1n) is 16.2. The average Bonchev–Trinajstić information content (AvgIpc) is 3.52. The first-order valence-corrected chi connectivity index (χ1v) is 16.2. The van der Waals surface area contributed by atoms with Gasteiger partial charge in [-0.1, -0.05) is 46.5 Å². The average molecular weight is 615 g/mol. The molecule has 1 aromatic rings. The van der Waals surface area contributed by atoms with Crippen LogP contribution in [0.1, 0.15) is 88.9 Å². The fourth-order valence-corrected chi connectivity index (χ4v) is 6.59. The van der Waals surface area contributed by atoms with Gasteiger partial charge < -0.3 is 25.0 Å². The van der Waals surface area contributed by atoms with Gasteiger partial charge in [-0.05, 0) is 54.9 Å². The monoisotopic (exact) mass is 614 g/mol.